The number of pyridine rings is 1. The Kier molecular flexibility index (Phi) is 9.66. The lowest BCUT2D eigenvalue weighted by Crippen LogP contribution is -2.40. The predicted octanol–water partition coefficient (Wildman–Crippen LogP) is 5.73. The summed E-state index contributed by atoms with van der Waals surface area (Å²) in [7, 11) is -2.33. The summed E-state index contributed by atoms with van der Waals surface area (Å²) in [6, 6.07) is 13.5. The molecular weight excluding hydrogens is 607 g/mol. The third kappa shape index (κ3) is 6.78. The van der Waals surface area contributed by atoms with Gasteiger partial charge in [-0.1, -0.05) is 47.5 Å². The van der Waals surface area contributed by atoms with E-state index in [4.69, 9.17) is 37.4 Å². The molecule has 2 aliphatic rings. The zero-order valence-corrected chi connectivity index (χ0v) is 25.6. The van der Waals surface area contributed by atoms with Crippen LogP contribution in [0.15, 0.2) is 65.8 Å². The molecule has 0 amide bonds. The normalized spacial score (nSPS) is 18.8. The van der Waals surface area contributed by atoms with Crippen molar-refractivity contribution in [2.45, 2.75) is 54.6 Å². The fourth-order valence-corrected chi connectivity index (χ4v) is 8.67. The van der Waals surface area contributed by atoms with E-state index in [1.54, 1.807) is 49.8 Å². The number of carbonyl (C=O) groups excluding carboxylic acids is 1. The largest absolute Gasteiger partial charge is 0.493 e. The van der Waals surface area contributed by atoms with Gasteiger partial charge in [-0.05, 0) is 55.5 Å². The number of H-pyrrole nitrogens is 1. The fourth-order valence-electron chi connectivity index (χ4n) is 5.07. The van der Waals surface area contributed by atoms with Gasteiger partial charge in [-0.3, -0.25) is 0 Å². The van der Waals surface area contributed by atoms with Gasteiger partial charge in [-0.15, -0.1) is 11.8 Å². The third-order valence-corrected chi connectivity index (χ3v) is 11.1. The molecule has 5 rings (SSSR count). The van der Waals surface area contributed by atoms with E-state index in [-0.39, 0.29) is 24.0 Å². The highest BCUT2D eigenvalue weighted by Gasteiger charge is 2.42. The number of carbonyl (C=O) groups is 1. The lowest BCUT2D eigenvalue weighted by Gasteiger charge is -2.26. The number of sulfonamides is 1. The molecule has 12 heteroatoms. The van der Waals surface area contributed by atoms with Gasteiger partial charge in [-0.25, -0.2) is 18.2 Å². The second kappa shape index (κ2) is 13.2. The van der Waals surface area contributed by atoms with Crippen LogP contribution in [0.4, 0.5) is 0 Å². The van der Waals surface area contributed by atoms with Crippen molar-refractivity contribution in [3.63, 3.8) is 0 Å². The standard InChI is InChI=1S/C29H30Cl2N2O6S2/c1-37-25-12-11-19(15-27(25)38-20-7-5-6-8-20)26(16-22-23(30)17-32-18-24(22)31)39-29(34)28-33(13-14-40-28)41(35,36)21-9-3-2-4-10-21/h2-4,9-12,15,17-18,20,26,28H,5-8,13-14,16H2,1H3/p+1/t26?,28-/m0/s1. The highest BCUT2D eigenvalue weighted by atomic mass is 35.5. The summed E-state index contributed by atoms with van der Waals surface area (Å²) >= 11 is 14.2. The van der Waals surface area contributed by atoms with Crippen molar-refractivity contribution >= 4 is 51.0 Å². The van der Waals surface area contributed by atoms with Crippen molar-refractivity contribution in [3.8, 4) is 11.5 Å². The first-order valence-corrected chi connectivity index (χ1v) is 16.6. The predicted molar refractivity (Wildman–Crippen MR) is 158 cm³/mol. The quantitative estimate of drug-likeness (QED) is 0.262. The number of halogens is 2. The summed E-state index contributed by atoms with van der Waals surface area (Å²) in [5.41, 5.74) is 1.24. The Balaban J connectivity index is 1.46. The molecule has 2 fully saturated rings. The molecule has 1 aliphatic heterocycles. The van der Waals surface area contributed by atoms with E-state index < -0.39 is 27.5 Å². The first-order chi connectivity index (χ1) is 19.8. The molecule has 0 radical (unpaired) electrons. The Labute approximate surface area is 254 Å². The Bertz CT molecular complexity index is 1470. The SMILES string of the molecule is COc1ccc(C(Cc2c(Cl)c[nH+]cc2Cl)OC(=O)[C@@H]2SCCN2S(=O)(=O)c2ccccc2)cc1OC1CCCC1. The molecule has 1 N–H and O–H groups in total. The molecule has 2 aromatic carbocycles. The van der Waals surface area contributed by atoms with Crippen LogP contribution >= 0.6 is 35.0 Å². The number of ether oxygens (including phenoxy) is 3. The van der Waals surface area contributed by atoms with E-state index in [2.05, 4.69) is 4.98 Å². The molecule has 1 saturated heterocycles. The monoisotopic (exact) mass is 637 g/mol. The smallest absolute Gasteiger partial charge is 0.335 e. The Morgan fingerprint density at radius 2 is 1.78 bits per heavy atom. The molecule has 3 aromatic rings. The van der Waals surface area contributed by atoms with Crippen LogP contribution in [0.1, 0.15) is 42.9 Å². The summed E-state index contributed by atoms with van der Waals surface area (Å²) < 4.78 is 45.9. The Hall–Kier alpha value is -2.50. The zero-order valence-electron chi connectivity index (χ0n) is 22.4. The highest BCUT2D eigenvalue weighted by molar-refractivity contribution is 8.02. The molecular formula is C29H31Cl2N2O6S2+. The second-order valence-corrected chi connectivity index (χ2v) is 13.7. The van der Waals surface area contributed by atoms with Gasteiger partial charge in [-0.2, -0.15) is 4.31 Å². The van der Waals surface area contributed by atoms with Crippen LogP contribution in [0.5, 0.6) is 11.5 Å². The molecule has 0 spiro atoms. The lowest BCUT2D eigenvalue weighted by molar-refractivity contribution is -0.377. The number of benzene rings is 2. The minimum Gasteiger partial charge on any atom is -0.493 e. The van der Waals surface area contributed by atoms with Crippen LogP contribution in [0, 0.1) is 0 Å². The average molecular weight is 639 g/mol. The zero-order chi connectivity index (χ0) is 29.0. The van der Waals surface area contributed by atoms with E-state index in [9.17, 15) is 13.2 Å². The summed E-state index contributed by atoms with van der Waals surface area (Å²) in [4.78, 5) is 16.7. The number of aromatic nitrogens is 1. The van der Waals surface area contributed by atoms with Crippen LogP contribution in [0.3, 0.4) is 0 Å². The molecule has 8 nitrogen and oxygen atoms in total. The summed E-state index contributed by atoms with van der Waals surface area (Å²) in [5, 5.41) is -0.263. The van der Waals surface area contributed by atoms with Crippen molar-refractivity contribution in [2.24, 2.45) is 0 Å². The second-order valence-electron chi connectivity index (χ2n) is 9.85. The highest BCUT2D eigenvalue weighted by Crippen LogP contribution is 2.38. The van der Waals surface area contributed by atoms with Gasteiger partial charge >= 0.3 is 5.97 Å². The van der Waals surface area contributed by atoms with Gasteiger partial charge < -0.3 is 14.2 Å². The molecule has 2 heterocycles. The Morgan fingerprint density at radius 3 is 2.46 bits per heavy atom. The lowest BCUT2D eigenvalue weighted by atomic mass is 10.0. The molecule has 1 unspecified atom stereocenters. The number of rotatable bonds is 10. The number of hydrogen-bond acceptors (Lipinski definition) is 7. The van der Waals surface area contributed by atoms with Crippen LogP contribution in [0.2, 0.25) is 10.0 Å². The first-order valence-electron chi connectivity index (χ1n) is 13.4. The van der Waals surface area contributed by atoms with E-state index in [1.165, 1.54) is 28.2 Å². The average Bonchev–Trinajstić information content (AvgIpc) is 3.68. The van der Waals surface area contributed by atoms with Gasteiger partial charge in [0.05, 0.1) is 18.1 Å². The van der Waals surface area contributed by atoms with Gasteiger partial charge in [0, 0.05) is 24.3 Å². The number of hydrogen-bond donors (Lipinski definition) is 0. The summed E-state index contributed by atoms with van der Waals surface area (Å²) in [5.74, 6) is 0.924. The molecule has 1 aromatic heterocycles. The molecule has 1 saturated carbocycles. The van der Waals surface area contributed by atoms with Gasteiger partial charge in [0.1, 0.15) is 16.1 Å². The first kappa shape index (κ1) is 30.0. The number of thioether (sulfide) groups is 1. The summed E-state index contributed by atoms with van der Waals surface area (Å²) in [6.07, 6.45) is 6.75. The Morgan fingerprint density at radius 1 is 1.07 bits per heavy atom. The van der Waals surface area contributed by atoms with E-state index in [0.717, 1.165) is 25.7 Å². The number of methoxy groups -OCH3 is 1. The maximum Gasteiger partial charge on any atom is 0.335 e. The van der Waals surface area contributed by atoms with Gasteiger partial charge in [0.2, 0.25) is 10.0 Å². The van der Waals surface area contributed by atoms with Crippen LogP contribution < -0.4 is 14.5 Å². The van der Waals surface area contributed by atoms with Crippen molar-refractivity contribution in [3.05, 3.63) is 82.1 Å². The fraction of sp³-hybridized carbons (Fsp3) is 0.379. The minimum absolute atomic E-state index is 0.0836. The van der Waals surface area contributed by atoms with Crippen LogP contribution in [-0.2, 0) is 26.0 Å². The van der Waals surface area contributed by atoms with Crippen molar-refractivity contribution < 1.29 is 32.4 Å². The molecule has 2 atom stereocenters. The van der Waals surface area contributed by atoms with Crippen molar-refractivity contribution in [1.29, 1.82) is 0 Å². The number of aromatic amines is 1. The maximum atomic E-state index is 13.7. The maximum absolute atomic E-state index is 13.7. The third-order valence-electron chi connectivity index (χ3n) is 7.20. The van der Waals surface area contributed by atoms with E-state index in [0.29, 0.717) is 38.4 Å². The number of esters is 1. The van der Waals surface area contributed by atoms with Crippen molar-refractivity contribution in [2.75, 3.05) is 19.4 Å². The minimum atomic E-state index is -3.91. The van der Waals surface area contributed by atoms with E-state index >= 15 is 0 Å². The topological polar surface area (TPSA) is 96.3 Å². The molecule has 0 bridgehead atoms. The molecule has 218 valence electrons. The molecule has 1 aliphatic carbocycles. The van der Waals surface area contributed by atoms with Crippen LogP contribution in [0.25, 0.3) is 0 Å². The number of nitrogens with zero attached hydrogens (tertiary/aromatic N) is 1. The van der Waals surface area contributed by atoms with E-state index in [1.807, 2.05) is 6.07 Å². The molecule has 41 heavy (non-hydrogen) atoms. The van der Waals surface area contributed by atoms with Crippen LogP contribution in [-0.4, -0.2) is 49.6 Å². The van der Waals surface area contributed by atoms with Crippen molar-refractivity contribution in [1.82, 2.24) is 4.31 Å². The van der Waals surface area contributed by atoms with Gasteiger partial charge in [0.25, 0.3) is 0 Å². The summed E-state index contributed by atoms with van der Waals surface area (Å²) in [6.45, 7) is 0.195. The van der Waals surface area contributed by atoms with Gasteiger partial charge in [0.15, 0.2) is 29.3 Å². The number of nitrogens with one attached hydrogen (secondary N) is 1.